The molecule has 1 saturated heterocycles. The molecule has 1 aliphatic rings. The highest BCUT2D eigenvalue weighted by Crippen LogP contribution is 2.25. The highest BCUT2D eigenvalue weighted by molar-refractivity contribution is 6.35. The lowest BCUT2D eigenvalue weighted by atomic mass is 9.90. The molecule has 0 bridgehead atoms. The van der Waals surface area contributed by atoms with E-state index in [1.807, 2.05) is 11.8 Å². The maximum atomic E-state index is 12.4. The van der Waals surface area contributed by atoms with Crippen molar-refractivity contribution in [2.24, 2.45) is 11.7 Å². The zero-order valence-electron chi connectivity index (χ0n) is 10.9. The second kappa shape index (κ2) is 6.12. The number of benzene rings is 1. The van der Waals surface area contributed by atoms with Crippen LogP contribution in [0.3, 0.4) is 0 Å². The quantitative estimate of drug-likeness (QED) is 0.912. The second-order valence-electron chi connectivity index (χ2n) is 5.11. The first kappa shape index (κ1) is 14.6. The van der Waals surface area contributed by atoms with Crippen LogP contribution in [0.2, 0.25) is 10.0 Å². The molecule has 1 aliphatic heterocycles. The summed E-state index contributed by atoms with van der Waals surface area (Å²) in [5, 5.41) is 0.974. The Bertz CT molecular complexity index is 469. The molecule has 1 heterocycles. The van der Waals surface area contributed by atoms with Gasteiger partial charge in [-0.15, -0.1) is 0 Å². The van der Waals surface area contributed by atoms with E-state index < -0.39 is 0 Å². The summed E-state index contributed by atoms with van der Waals surface area (Å²) < 4.78 is 0. The van der Waals surface area contributed by atoms with Crippen LogP contribution in [0.25, 0.3) is 0 Å². The van der Waals surface area contributed by atoms with Crippen LogP contribution in [0.1, 0.15) is 30.1 Å². The standard InChI is InChI=1S/C14H18Cl2N2O/c1-9(17)10-4-6-18(7-5-10)14(19)12-8-11(15)2-3-13(12)16/h2-3,8-10H,4-7,17H2,1H3. The van der Waals surface area contributed by atoms with E-state index in [0.717, 1.165) is 25.9 Å². The molecule has 0 aliphatic carbocycles. The van der Waals surface area contributed by atoms with Gasteiger partial charge < -0.3 is 10.6 Å². The van der Waals surface area contributed by atoms with Crippen molar-refractivity contribution in [2.75, 3.05) is 13.1 Å². The number of hydrogen-bond donors (Lipinski definition) is 1. The van der Waals surface area contributed by atoms with Crippen LogP contribution in [0.4, 0.5) is 0 Å². The fourth-order valence-electron chi connectivity index (χ4n) is 2.46. The highest BCUT2D eigenvalue weighted by Gasteiger charge is 2.26. The average molecular weight is 301 g/mol. The van der Waals surface area contributed by atoms with Crippen molar-refractivity contribution >= 4 is 29.1 Å². The van der Waals surface area contributed by atoms with E-state index in [1.54, 1.807) is 18.2 Å². The Morgan fingerprint density at radius 3 is 2.58 bits per heavy atom. The lowest BCUT2D eigenvalue weighted by molar-refractivity contribution is 0.0681. The number of halogens is 2. The molecule has 1 aromatic rings. The number of carbonyl (C=O) groups excluding carboxylic acids is 1. The summed E-state index contributed by atoms with van der Waals surface area (Å²) in [6.45, 7) is 3.48. The molecule has 19 heavy (non-hydrogen) atoms. The fourth-order valence-corrected chi connectivity index (χ4v) is 2.83. The molecular formula is C14H18Cl2N2O. The number of amides is 1. The zero-order chi connectivity index (χ0) is 14.0. The van der Waals surface area contributed by atoms with E-state index in [1.165, 1.54) is 0 Å². The number of carbonyl (C=O) groups is 1. The minimum atomic E-state index is -0.0457. The monoisotopic (exact) mass is 300 g/mol. The Morgan fingerprint density at radius 1 is 1.37 bits per heavy atom. The molecule has 104 valence electrons. The molecule has 1 amide bonds. The molecular weight excluding hydrogens is 283 g/mol. The topological polar surface area (TPSA) is 46.3 Å². The third-order valence-electron chi connectivity index (χ3n) is 3.73. The molecule has 1 atom stereocenters. The van der Waals surface area contributed by atoms with E-state index in [0.29, 0.717) is 21.5 Å². The smallest absolute Gasteiger partial charge is 0.255 e. The molecule has 0 aromatic heterocycles. The maximum Gasteiger partial charge on any atom is 0.255 e. The van der Waals surface area contributed by atoms with Gasteiger partial charge in [-0.3, -0.25) is 4.79 Å². The van der Waals surface area contributed by atoms with Crippen molar-refractivity contribution in [2.45, 2.75) is 25.8 Å². The first-order valence-electron chi connectivity index (χ1n) is 6.49. The van der Waals surface area contributed by atoms with Gasteiger partial charge in [0.25, 0.3) is 5.91 Å². The third-order valence-corrected chi connectivity index (χ3v) is 4.29. The SMILES string of the molecule is CC(N)C1CCN(C(=O)c2cc(Cl)ccc2Cl)CC1. The van der Waals surface area contributed by atoms with Gasteiger partial charge in [0.05, 0.1) is 10.6 Å². The summed E-state index contributed by atoms with van der Waals surface area (Å²) in [6.07, 6.45) is 1.89. The Morgan fingerprint density at radius 2 is 2.00 bits per heavy atom. The van der Waals surface area contributed by atoms with Gasteiger partial charge in [-0.1, -0.05) is 23.2 Å². The fraction of sp³-hybridized carbons (Fsp3) is 0.500. The lowest BCUT2D eigenvalue weighted by Gasteiger charge is -2.33. The first-order valence-corrected chi connectivity index (χ1v) is 7.24. The van der Waals surface area contributed by atoms with Crippen LogP contribution in [-0.4, -0.2) is 29.9 Å². The van der Waals surface area contributed by atoms with E-state index in [4.69, 9.17) is 28.9 Å². The Hall–Kier alpha value is -0.770. The molecule has 1 aromatic carbocycles. The molecule has 2 N–H and O–H groups in total. The van der Waals surface area contributed by atoms with Crippen molar-refractivity contribution in [3.05, 3.63) is 33.8 Å². The molecule has 0 saturated carbocycles. The molecule has 1 fully saturated rings. The van der Waals surface area contributed by atoms with Gasteiger partial charge in [-0.05, 0) is 43.9 Å². The number of rotatable bonds is 2. The average Bonchev–Trinajstić information content (AvgIpc) is 2.41. The normalized spacial score (nSPS) is 18.4. The summed E-state index contributed by atoms with van der Waals surface area (Å²) in [7, 11) is 0. The van der Waals surface area contributed by atoms with Crippen LogP contribution < -0.4 is 5.73 Å². The predicted octanol–water partition coefficient (Wildman–Crippen LogP) is 3.19. The number of piperidine rings is 1. The van der Waals surface area contributed by atoms with E-state index in [9.17, 15) is 4.79 Å². The number of nitrogens with zero attached hydrogens (tertiary/aromatic N) is 1. The van der Waals surface area contributed by atoms with Gasteiger partial charge in [0.1, 0.15) is 0 Å². The molecule has 3 nitrogen and oxygen atoms in total. The molecule has 2 rings (SSSR count). The maximum absolute atomic E-state index is 12.4. The summed E-state index contributed by atoms with van der Waals surface area (Å²) in [5.41, 5.74) is 6.38. The lowest BCUT2D eigenvalue weighted by Crippen LogP contribution is -2.42. The van der Waals surface area contributed by atoms with Crippen LogP contribution in [0.5, 0.6) is 0 Å². The Labute approximate surface area is 123 Å². The molecule has 5 heteroatoms. The van der Waals surface area contributed by atoms with Crippen molar-refractivity contribution in [3.63, 3.8) is 0 Å². The van der Waals surface area contributed by atoms with Gasteiger partial charge in [0, 0.05) is 24.2 Å². The number of likely N-dealkylation sites (tertiary alicyclic amines) is 1. The molecule has 0 radical (unpaired) electrons. The van der Waals surface area contributed by atoms with Crippen LogP contribution in [0, 0.1) is 5.92 Å². The van der Waals surface area contributed by atoms with Crippen LogP contribution >= 0.6 is 23.2 Å². The van der Waals surface area contributed by atoms with Crippen molar-refractivity contribution in [1.29, 1.82) is 0 Å². The largest absolute Gasteiger partial charge is 0.339 e. The minimum Gasteiger partial charge on any atom is -0.339 e. The van der Waals surface area contributed by atoms with E-state index in [-0.39, 0.29) is 11.9 Å². The van der Waals surface area contributed by atoms with E-state index >= 15 is 0 Å². The second-order valence-corrected chi connectivity index (χ2v) is 5.96. The summed E-state index contributed by atoms with van der Waals surface area (Å²) in [6, 6.07) is 5.16. The Kier molecular flexibility index (Phi) is 4.71. The zero-order valence-corrected chi connectivity index (χ0v) is 12.4. The van der Waals surface area contributed by atoms with Gasteiger partial charge in [-0.25, -0.2) is 0 Å². The Balaban J connectivity index is 2.07. The summed E-state index contributed by atoms with van der Waals surface area (Å²) in [5.74, 6) is 0.453. The highest BCUT2D eigenvalue weighted by atomic mass is 35.5. The summed E-state index contributed by atoms with van der Waals surface area (Å²) >= 11 is 12.0. The van der Waals surface area contributed by atoms with Gasteiger partial charge in [0.15, 0.2) is 0 Å². The van der Waals surface area contributed by atoms with Crippen molar-refractivity contribution in [1.82, 2.24) is 4.90 Å². The number of nitrogens with two attached hydrogens (primary N) is 1. The van der Waals surface area contributed by atoms with Crippen LogP contribution in [0.15, 0.2) is 18.2 Å². The molecule has 1 unspecified atom stereocenters. The molecule has 0 spiro atoms. The van der Waals surface area contributed by atoms with Gasteiger partial charge in [0.2, 0.25) is 0 Å². The third kappa shape index (κ3) is 3.41. The van der Waals surface area contributed by atoms with Crippen LogP contribution in [-0.2, 0) is 0 Å². The summed E-state index contributed by atoms with van der Waals surface area (Å²) in [4.78, 5) is 14.2. The van der Waals surface area contributed by atoms with E-state index in [2.05, 4.69) is 0 Å². The van der Waals surface area contributed by atoms with Crippen molar-refractivity contribution in [3.8, 4) is 0 Å². The predicted molar refractivity (Wildman–Crippen MR) is 78.7 cm³/mol. The number of hydrogen-bond acceptors (Lipinski definition) is 2. The van der Waals surface area contributed by atoms with Crippen molar-refractivity contribution < 1.29 is 4.79 Å². The minimum absolute atomic E-state index is 0.0457. The van der Waals surface area contributed by atoms with Gasteiger partial charge in [-0.2, -0.15) is 0 Å². The van der Waals surface area contributed by atoms with Gasteiger partial charge >= 0.3 is 0 Å². The first-order chi connectivity index (χ1) is 8.99.